The molecule has 2 N–H and O–H groups in total. The molecule has 328 valence electrons. The number of carbonyl (C=O) groups excluding carboxylic acids is 2. The molecule has 14 heteroatoms. The molecule has 4 atom stereocenters. The molecule has 6 aromatic rings. The zero-order chi connectivity index (χ0) is 45.3. The monoisotopic (exact) mass is 922 g/mol. The maximum absolute atomic E-state index is 13.4. The highest BCUT2D eigenvalue weighted by molar-refractivity contribution is 6.32. The van der Waals surface area contributed by atoms with E-state index >= 15 is 0 Å². The molecule has 64 heavy (non-hydrogen) atoms. The summed E-state index contributed by atoms with van der Waals surface area (Å²) in [5.41, 5.74) is 4.03. The molecule has 10 nitrogen and oxygen atoms in total. The van der Waals surface area contributed by atoms with Crippen LogP contribution >= 0.6 is 34.8 Å². The summed E-state index contributed by atoms with van der Waals surface area (Å²) in [5, 5.41) is 21.1. The highest BCUT2D eigenvalue weighted by atomic mass is 35.5. The van der Waals surface area contributed by atoms with Gasteiger partial charge in [0, 0.05) is 26.2 Å². The highest BCUT2D eigenvalue weighted by Crippen LogP contribution is 2.41. The van der Waals surface area contributed by atoms with Gasteiger partial charge in [-0.25, -0.2) is 14.0 Å². The SMILES string of the molecule is O=C(O)C1CCC(c2ccccc2Cl)N1C(=O)c1ccc(COc2ccc(Cl)cc2)cc1.O=C(O)[C@@H]1CC[C@H](c2ccccc2Cl)N1C(=O)c1ccc(COc2ccc(F)cc2)cc1. The van der Waals surface area contributed by atoms with Gasteiger partial charge in [0.05, 0.1) is 12.1 Å². The van der Waals surface area contributed by atoms with E-state index < -0.39 is 30.1 Å². The van der Waals surface area contributed by atoms with Gasteiger partial charge in [0.2, 0.25) is 0 Å². The number of nitrogens with zero attached hydrogens (tertiary/aromatic N) is 2. The van der Waals surface area contributed by atoms with Gasteiger partial charge < -0.3 is 29.5 Å². The number of hydrogen-bond donors (Lipinski definition) is 2. The molecule has 2 amide bonds. The molecule has 2 aliphatic heterocycles. The van der Waals surface area contributed by atoms with Crippen molar-refractivity contribution in [3.8, 4) is 11.5 Å². The number of benzene rings is 6. The lowest BCUT2D eigenvalue weighted by molar-refractivity contribution is -0.142. The summed E-state index contributed by atoms with van der Waals surface area (Å²) in [4.78, 5) is 53.2. The minimum Gasteiger partial charge on any atom is -0.489 e. The average molecular weight is 924 g/mol. The molecule has 2 aliphatic rings. The van der Waals surface area contributed by atoms with E-state index in [1.807, 2.05) is 30.3 Å². The molecular formula is C50H42Cl3FN2O8. The largest absolute Gasteiger partial charge is 0.489 e. The van der Waals surface area contributed by atoms with Crippen molar-refractivity contribution in [1.82, 2.24) is 9.80 Å². The van der Waals surface area contributed by atoms with Gasteiger partial charge in [0.15, 0.2) is 0 Å². The number of rotatable bonds is 12. The summed E-state index contributed by atoms with van der Waals surface area (Å²) >= 11 is 18.6. The first-order valence-corrected chi connectivity index (χ1v) is 21.6. The van der Waals surface area contributed by atoms with Crippen LogP contribution in [0.15, 0.2) is 146 Å². The van der Waals surface area contributed by atoms with Gasteiger partial charge in [-0.05, 0) is 133 Å². The quantitative estimate of drug-likeness (QED) is 0.124. The van der Waals surface area contributed by atoms with Crippen LogP contribution in [-0.4, -0.2) is 55.8 Å². The number of ether oxygens (including phenoxy) is 2. The molecule has 2 heterocycles. The summed E-state index contributed by atoms with van der Waals surface area (Å²) < 4.78 is 24.4. The van der Waals surface area contributed by atoms with E-state index in [9.17, 15) is 33.8 Å². The van der Waals surface area contributed by atoms with E-state index in [4.69, 9.17) is 44.3 Å². The summed E-state index contributed by atoms with van der Waals surface area (Å²) in [7, 11) is 0. The van der Waals surface area contributed by atoms with Crippen LogP contribution in [0.1, 0.15) is 80.7 Å². The van der Waals surface area contributed by atoms with E-state index in [0.29, 0.717) is 70.0 Å². The number of carbonyl (C=O) groups is 4. The number of halogens is 4. The minimum absolute atomic E-state index is 0.254. The Morgan fingerprint density at radius 2 is 0.891 bits per heavy atom. The maximum Gasteiger partial charge on any atom is 0.326 e. The predicted molar refractivity (Wildman–Crippen MR) is 241 cm³/mol. The Hall–Kier alpha value is -6.40. The zero-order valence-corrected chi connectivity index (χ0v) is 36.4. The fourth-order valence-electron chi connectivity index (χ4n) is 7.95. The van der Waals surface area contributed by atoms with Crippen molar-refractivity contribution in [2.75, 3.05) is 0 Å². The molecule has 8 rings (SSSR count). The molecular weight excluding hydrogens is 882 g/mol. The lowest BCUT2D eigenvalue weighted by Gasteiger charge is -2.29. The van der Waals surface area contributed by atoms with E-state index in [0.717, 1.165) is 22.3 Å². The van der Waals surface area contributed by atoms with Gasteiger partial charge in [0.1, 0.15) is 42.6 Å². The second-order valence-corrected chi connectivity index (χ2v) is 16.5. The molecule has 0 radical (unpaired) electrons. The van der Waals surface area contributed by atoms with E-state index in [1.165, 1.54) is 21.9 Å². The third-order valence-electron chi connectivity index (χ3n) is 11.2. The molecule has 0 aromatic heterocycles. The normalized spacial score (nSPS) is 17.9. The fraction of sp³-hybridized carbons (Fsp3) is 0.200. The van der Waals surface area contributed by atoms with Crippen LogP contribution in [-0.2, 0) is 22.8 Å². The summed E-state index contributed by atoms with van der Waals surface area (Å²) in [6, 6.07) is 38.5. The Morgan fingerprint density at radius 1 is 0.516 bits per heavy atom. The number of carboxylic acids is 2. The number of amides is 2. The summed E-state index contributed by atoms with van der Waals surface area (Å²) in [5.74, 6) is -1.83. The Labute approximate surface area is 384 Å². The van der Waals surface area contributed by atoms with Crippen LogP contribution in [0.4, 0.5) is 4.39 Å². The second kappa shape index (κ2) is 20.9. The highest BCUT2D eigenvalue weighted by Gasteiger charge is 2.44. The second-order valence-electron chi connectivity index (χ2n) is 15.2. The Morgan fingerprint density at radius 3 is 1.27 bits per heavy atom. The molecule has 0 spiro atoms. The van der Waals surface area contributed by atoms with Gasteiger partial charge in [-0.1, -0.05) is 95.5 Å². The molecule has 0 bridgehead atoms. The molecule has 2 unspecified atom stereocenters. The third kappa shape index (κ3) is 10.8. The smallest absolute Gasteiger partial charge is 0.326 e. The van der Waals surface area contributed by atoms with Crippen LogP contribution in [0.5, 0.6) is 11.5 Å². The first kappa shape index (κ1) is 45.6. The van der Waals surface area contributed by atoms with Crippen molar-refractivity contribution >= 4 is 58.6 Å². The molecule has 2 saturated heterocycles. The van der Waals surface area contributed by atoms with E-state index in [-0.39, 0.29) is 30.3 Å². The predicted octanol–water partition coefficient (Wildman–Crippen LogP) is 11.5. The average Bonchev–Trinajstić information content (AvgIpc) is 3.96. The first-order chi connectivity index (χ1) is 30.9. The summed E-state index contributed by atoms with van der Waals surface area (Å²) in [6.07, 6.45) is 1.81. The van der Waals surface area contributed by atoms with Gasteiger partial charge in [-0.2, -0.15) is 0 Å². The molecule has 0 aliphatic carbocycles. The molecule has 6 aromatic carbocycles. The van der Waals surface area contributed by atoms with Crippen LogP contribution in [0.25, 0.3) is 0 Å². The number of hydrogen-bond acceptors (Lipinski definition) is 6. The lowest BCUT2D eigenvalue weighted by atomic mass is 10.0. The first-order valence-electron chi connectivity index (χ1n) is 20.4. The zero-order valence-electron chi connectivity index (χ0n) is 34.2. The van der Waals surface area contributed by atoms with Crippen LogP contribution in [0, 0.1) is 5.82 Å². The third-order valence-corrected chi connectivity index (χ3v) is 12.1. The van der Waals surface area contributed by atoms with E-state index in [2.05, 4.69) is 0 Å². The van der Waals surface area contributed by atoms with Crippen LogP contribution in [0.2, 0.25) is 15.1 Å². The minimum atomic E-state index is -1.03. The Kier molecular flexibility index (Phi) is 14.9. The van der Waals surface area contributed by atoms with Crippen LogP contribution in [0.3, 0.4) is 0 Å². The van der Waals surface area contributed by atoms with Crippen LogP contribution < -0.4 is 9.47 Å². The van der Waals surface area contributed by atoms with Gasteiger partial charge in [-0.15, -0.1) is 0 Å². The molecule has 2 fully saturated rings. The number of carboxylic acid groups (broad SMARTS) is 2. The summed E-state index contributed by atoms with van der Waals surface area (Å²) in [6.45, 7) is 0.587. The van der Waals surface area contributed by atoms with Crippen molar-refractivity contribution in [3.63, 3.8) is 0 Å². The Bertz CT molecular complexity index is 2410. The van der Waals surface area contributed by atoms with Crippen molar-refractivity contribution in [2.45, 2.75) is 63.1 Å². The fourth-order valence-corrected chi connectivity index (χ4v) is 8.60. The maximum atomic E-state index is 13.4. The van der Waals surface area contributed by atoms with Crippen molar-refractivity contribution < 1.29 is 43.3 Å². The Balaban J connectivity index is 0.000000191. The standard InChI is InChI=1S/C25H21Cl2NO4.C25H21ClFNO4/c26-18-9-11-19(12-10-18)32-15-16-5-7-17(8-6-16)24(29)28-22(13-14-23(28)25(30)31)20-3-1-2-4-21(20)27;26-21-4-2-1-3-20(21)22-13-14-23(25(30)31)28(22)24(29)17-7-5-16(6-8-17)15-32-19-11-9-18(27)10-12-19/h2*1-12,22-23H,13-15H2,(H,30,31)/t;22-,23+/m.1/s1. The number of likely N-dealkylation sites (tertiary alicyclic amines) is 2. The van der Waals surface area contributed by atoms with Crippen molar-refractivity contribution in [3.05, 3.63) is 200 Å². The van der Waals surface area contributed by atoms with Gasteiger partial charge >= 0.3 is 11.9 Å². The van der Waals surface area contributed by atoms with Crippen molar-refractivity contribution in [2.24, 2.45) is 0 Å². The van der Waals surface area contributed by atoms with Gasteiger partial charge in [-0.3, -0.25) is 9.59 Å². The van der Waals surface area contributed by atoms with E-state index in [1.54, 1.807) is 103 Å². The topological polar surface area (TPSA) is 134 Å². The number of aliphatic carboxylic acids is 2. The van der Waals surface area contributed by atoms with Crippen molar-refractivity contribution in [1.29, 1.82) is 0 Å². The van der Waals surface area contributed by atoms with Gasteiger partial charge in [0.25, 0.3) is 11.8 Å². The lowest BCUT2D eigenvalue weighted by Crippen LogP contribution is -2.41. The molecule has 0 saturated carbocycles.